The molecule has 0 bridgehead atoms. The fourth-order valence-corrected chi connectivity index (χ4v) is 2.63. The van der Waals surface area contributed by atoms with Crippen molar-refractivity contribution in [3.8, 4) is 5.75 Å². The maximum absolute atomic E-state index is 13.1. The summed E-state index contributed by atoms with van der Waals surface area (Å²) in [5.41, 5.74) is 0.386. The van der Waals surface area contributed by atoms with Gasteiger partial charge in [-0.3, -0.25) is 4.79 Å². The van der Waals surface area contributed by atoms with Crippen LogP contribution in [0.3, 0.4) is 0 Å². The molecule has 1 aromatic rings. The van der Waals surface area contributed by atoms with Gasteiger partial charge in [0.05, 0.1) is 18.8 Å². The molecule has 5 heteroatoms. The second-order valence-corrected chi connectivity index (χ2v) is 5.81. The lowest BCUT2D eigenvalue weighted by Crippen LogP contribution is -2.53. The molecule has 1 saturated heterocycles. The molecule has 1 fully saturated rings. The van der Waals surface area contributed by atoms with E-state index in [1.807, 2.05) is 0 Å². The third-order valence-electron chi connectivity index (χ3n) is 3.81. The molecule has 0 radical (unpaired) electrons. The van der Waals surface area contributed by atoms with E-state index >= 15 is 0 Å². The van der Waals surface area contributed by atoms with Crippen LogP contribution in [-0.4, -0.2) is 25.6 Å². The Labute approximate surface area is 118 Å². The minimum atomic E-state index is -0.393. The molecule has 1 aromatic carbocycles. The number of benzene rings is 1. The van der Waals surface area contributed by atoms with Gasteiger partial charge in [-0.15, -0.1) is 0 Å². The first kappa shape index (κ1) is 14.8. The quantitative estimate of drug-likeness (QED) is 0.894. The molecule has 20 heavy (non-hydrogen) atoms. The van der Waals surface area contributed by atoms with E-state index in [1.54, 1.807) is 0 Å². The summed E-state index contributed by atoms with van der Waals surface area (Å²) in [7, 11) is 1.45. The van der Waals surface area contributed by atoms with E-state index in [0.29, 0.717) is 11.4 Å². The van der Waals surface area contributed by atoms with E-state index in [4.69, 9.17) is 4.74 Å². The van der Waals surface area contributed by atoms with Crippen LogP contribution in [0.15, 0.2) is 18.2 Å². The minimum absolute atomic E-state index is 0.102. The van der Waals surface area contributed by atoms with Gasteiger partial charge in [-0.05, 0) is 36.9 Å². The van der Waals surface area contributed by atoms with Crippen molar-refractivity contribution in [1.29, 1.82) is 0 Å². The second-order valence-electron chi connectivity index (χ2n) is 5.81. The van der Waals surface area contributed by atoms with Crippen LogP contribution in [-0.2, 0) is 4.79 Å². The van der Waals surface area contributed by atoms with E-state index in [-0.39, 0.29) is 17.4 Å². The number of methoxy groups -OCH3 is 1. The maximum atomic E-state index is 13.1. The number of hydrogen-bond donors (Lipinski definition) is 2. The summed E-state index contributed by atoms with van der Waals surface area (Å²) in [5, 5.41) is 6.07. The molecule has 2 N–H and O–H groups in total. The minimum Gasteiger partial charge on any atom is -0.494 e. The summed E-state index contributed by atoms with van der Waals surface area (Å²) in [5.74, 6) is -0.178. The van der Waals surface area contributed by atoms with Crippen LogP contribution >= 0.6 is 0 Å². The summed E-state index contributed by atoms with van der Waals surface area (Å²) in [6.07, 6.45) is 2.06. The normalized spacial score (nSPS) is 21.3. The van der Waals surface area contributed by atoms with Gasteiger partial charge in [0.15, 0.2) is 0 Å². The van der Waals surface area contributed by atoms with Gasteiger partial charge in [-0.25, -0.2) is 4.39 Å². The topological polar surface area (TPSA) is 50.4 Å². The lowest BCUT2D eigenvalue weighted by molar-refractivity contribution is -0.121. The predicted octanol–water partition coefficient (Wildman–Crippen LogP) is 2.55. The van der Waals surface area contributed by atoms with Crippen LogP contribution in [0.25, 0.3) is 0 Å². The zero-order chi connectivity index (χ0) is 14.8. The number of anilines is 1. The average Bonchev–Trinajstić information content (AvgIpc) is 2.40. The lowest BCUT2D eigenvalue weighted by atomic mass is 9.77. The van der Waals surface area contributed by atoms with E-state index in [1.165, 1.54) is 25.3 Å². The molecular weight excluding hydrogens is 259 g/mol. The van der Waals surface area contributed by atoms with E-state index in [2.05, 4.69) is 24.5 Å². The fraction of sp³-hybridized carbons (Fsp3) is 0.533. The molecule has 110 valence electrons. The highest BCUT2D eigenvalue weighted by atomic mass is 19.1. The molecule has 1 unspecified atom stereocenters. The molecule has 0 aliphatic carbocycles. The summed E-state index contributed by atoms with van der Waals surface area (Å²) >= 11 is 0. The Bertz CT molecular complexity index is 503. The highest BCUT2D eigenvalue weighted by molar-refractivity contribution is 5.96. The van der Waals surface area contributed by atoms with Crippen molar-refractivity contribution >= 4 is 11.6 Å². The third kappa shape index (κ3) is 3.10. The van der Waals surface area contributed by atoms with Gasteiger partial charge in [-0.2, -0.15) is 0 Å². The maximum Gasteiger partial charge on any atom is 0.242 e. The van der Waals surface area contributed by atoms with Crippen LogP contribution in [0.2, 0.25) is 0 Å². The molecular formula is C15H21FN2O2. The molecule has 1 aliphatic rings. The van der Waals surface area contributed by atoms with Crippen molar-refractivity contribution in [2.45, 2.75) is 32.7 Å². The van der Waals surface area contributed by atoms with Crippen LogP contribution in [0.4, 0.5) is 10.1 Å². The Morgan fingerprint density at radius 3 is 2.90 bits per heavy atom. The van der Waals surface area contributed by atoms with Gasteiger partial charge in [0, 0.05) is 6.07 Å². The number of amides is 1. The Hall–Kier alpha value is -1.62. The summed E-state index contributed by atoms with van der Waals surface area (Å²) in [6.45, 7) is 4.98. The summed E-state index contributed by atoms with van der Waals surface area (Å²) < 4.78 is 18.2. The Morgan fingerprint density at radius 2 is 2.25 bits per heavy atom. The van der Waals surface area contributed by atoms with E-state index in [9.17, 15) is 9.18 Å². The monoisotopic (exact) mass is 280 g/mol. The number of ether oxygens (including phenoxy) is 1. The van der Waals surface area contributed by atoms with Crippen molar-refractivity contribution in [2.24, 2.45) is 5.41 Å². The molecule has 0 aromatic heterocycles. The number of carbonyl (C=O) groups excluding carboxylic acids is 1. The van der Waals surface area contributed by atoms with Crippen molar-refractivity contribution in [2.75, 3.05) is 19.0 Å². The van der Waals surface area contributed by atoms with Crippen molar-refractivity contribution in [3.05, 3.63) is 24.0 Å². The van der Waals surface area contributed by atoms with Gasteiger partial charge in [-0.1, -0.05) is 13.8 Å². The largest absolute Gasteiger partial charge is 0.494 e. The second kappa shape index (κ2) is 5.79. The Morgan fingerprint density at radius 1 is 1.50 bits per heavy atom. The first-order chi connectivity index (χ1) is 9.44. The Balaban J connectivity index is 2.15. The van der Waals surface area contributed by atoms with Gasteiger partial charge < -0.3 is 15.4 Å². The standard InChI is InChI=1S/C15H21FN2O2/c1-15(2)7-4-8-17-13(15)14(19)18-11-6-5-10(16)9-12(11)20-3/h5-6,9,13,17H,4,7-8H2,1-3H3,(H,18,19). The highest BCUT2D eigenvalue weighted by Crippen LogP contribution is 2.32. The lowest BCUT2D eigenvalue weighted by Gasteiger charge is -2.38. The number of carbonyl (C=O) groups is 1. The number of rotatable bonds is 3. The fourth-order valence-electron chi connectivity index (χ4n) is 2.63. The zero-order valence-electron chi connectivity index (χ0n) is 12.1. The highest BCUT2D eigenvalue weighted by Gasteiger charge is 2.37. The third-order valence-corrected chi connectivity index (χ3v) is 3.81. The smallest absolute Gasteiger partial charge is 0.242 e. The van der Waals surface area contributed by atoms with Gasteiger partial charge in [0.2, 0.25) is 5.91 Å². The molecule has 1 atom stereocenters. The van der Waals surface area contributed by atoms with Gasteiger partial charge in [0.25, 0.3) is 0 Å². The molecule has 4 nitrogen and oxygen atoms in total. The summed E-state index contributed by atoms with van der Waals surface area (Å²) in [6, 6.07) is 3.82. The predicted molar refractivity (Wildman–Crippen MR) is 76.4 cm³/mol. The zero-order valence-corrected chi connectivity index (χ0v) is 12.1. The number of hydrogen-bond acceptors (Lipinski definition) is 3. The van der Waals surface area contributed by atoms with Crippen LogP contribution in [0.5, 0.6) is 5.75 Å². The molecule has 1 aliphatic heterocycles. The molecule has 0 saturated carbocycles. The number of halogens is 1. The Kier molecular flexibility index (Phi) is 4.28. The van der Waals surface area contributed by atoms with Crippen molar-refractivity contribution in [1.82, 2.24) is 5.32 Å². The van der Waals surface area contributed by atoms with Crippen molar-refractivity contribution in [3.63, 3.8) is 0 Å². The molecule has 1 amide bonds. The van der Waals surface area contributed by atoms with Gasteiger partial charge in [0.1, 0.15) is 11.6 Å². The van der Waals surface area contributed by atoms with E-state index in [0.717, 1.165) is 19.4 Å². The van der Waals surface area contributed by atoms with E-state index < -0.39 is 5.82 Å². The van der Waals surface area contributed by atoms with Crippen LogP contribution < -0.4 is 15.4 Å². The SMILES string of the molecule is COc1cc(F)ccc1NC(=O)C1NCCCC1(C)C. The molecule has 2 rings (SSSR count). The average molecular weight is 280 g/mol. The van der Waals surface area contributed by atoms with Crippen molar-refractivity contribution < 1.29 is 13.9 Å². The van der Waals surface area contributed by atoms with Crippen LogP contribution in [0.1, 0.15) is 26.7 Å². The first-order valence-corrected chi connectivity index (χ1v) is 6.82. The number of piperidine rings is 1. The van der Waals surface area contributed by atoms with Gasteiger partial charge >= 0.3 is 0 Å². The summed E-state index contributed by atoms with van der Waals surface area (Å²) in [4.78, 5) is 12.4. The molecule has 1 heterocycles. The van der Waals surface area contributed by atoms with Crippen LogP contribution in [0, 0.1) is 11.2 Å². The number of nitrogens with one attached hydrogen (secondary N) is 2. The molecule has 0 spiro atoms. The first-order valence-electron chi connectivity index (χ1n) is 6.82.